The molecule has 0 saturated carbocycles. The van der Waals surface area contributed by atoms with Gasteiger partial charge in [0.25, 0.3) is 5.91 Å². The van der Waals surface area contributed by atoms with E-state index in [-0.39, 0.29) is 24.0 Å². The molecule has 24 heavy (non-hydrogen) atoms. The zero-order chi connectivity index (χ0) is 17.1. The van der Waals surface area contributed by atoms with Crippen LogP contribution in [0.2, 0.25) is 0 Å². The molecule has 0 unspecified atom stereocenters. The van der Waals surface area contributed by atoms with E-state index in [1.54, 1.807) is 17.3 Å². The Bertz CT molecular complexity index is 649. The summed E-state index contributed by atoms with van der Waals surface area (Å²) in [4.78, 5) is 26.3. The molecule has 1 fully saturated rings. The van der Waals surface area contributed by atoms with E-state index < -0.39 is 0 Å². The summed E-state index contributed by atoms with van der Waals surface area (Å²) in [5.74, 6) is 0.778. The number of hydrogen-bond acceptors (Lipinski definition) is 4. The van der Waals surface area contributed by atoms with E-state index in [9.17, 15) is 9.59 Å². The lowest BCUT2D eigenvalue weighted by molar-refractivity contribution is -0.131. The van der Waals surface area contributed by atoms with Gasteiger partial charge in [-0.25, -0.2) is 5.01 Å². The molecule has 2 aliphatic heterocycles. The highest BCUT2D eigenvalue weighted by Gasteiger charge is 2.31. The number of carbonyl (C=O) groups excluding carboxylic acids is 2. The highest BCUT2D eigenvalue weighted by atomic mass is 16.5. The Balaban J connectivity index is 1.61. The van der Waals surface area contributed by atoms with Crippen LogP contribution in [0.1, 0.15) is 43.5 Å². The van der Waals surface area contributed by atoms with E-state index >= 15 is 0 Å². The Kier molecular flexibility index (Phi) is 4.83. The Labute approximate surface area is 142 Å². The van der Waals surface area contributed by atoms with Crippen molar-refractivity contribution in [3.8, 4) is 5.75 Å². The Morgan fingerprint density at radius 1 is 1.29 bits per heavy atom. The molecule has 3 rings (SSSR count). The topological polar surface area (TPSA) is 62.2 Å². The fourth-order valence-electron chi connectivity index (χ4n) is 3.13. The number of hydrazone groups is 1. The van der Waals surface area contributed by atoms with Gasteiger partial charge in [-0.05, 0) is 44.9 Å². The molecule has 0 radical (unpaired) electrons. The molecular formula is C18H23N3O3. The normalized spacial score (nSPS) is 18.5. The molecule has 128 valence electrons. The third-order valence-corrected chi connectivity index (χ3v) is 4.28. The summed E-state index contributed by atoms with van der Waals surface area (Å²) >= 11 is 0. The van der Waals surface area contributed by atoms with Crippen LogP contribution in [0.5, 0.6) is 5.75 Å². The minimum atomic E-state index is 0.0129. The van der Waals surface area contributed by atoms with Crippen LogP contribution in [0.3, 0.4) is 0 Å². The first-order chi connectivity index (χ1) is 11.5. The molecule has 6 nitrogen and oxygen atoms in total. The fraction of sp³-hybridized carbons (Fsp3) is 0.500. The maximum absolute atomic E-state index is 12.7. The van der Waals surface area contributed by atoms with E-state index in [2.05, 4.69) is 5.10 Å². The average Bonchev–Trinajstić information content (AvgIpc) is 3.00. The SMILES string of the molecule is CC(C)Oc1cccc(C(=O)N2CCC(N3N=CCC3=O)CC2)c1. The number of hydrogen-bond donors (Lipinski definition) is 0. The summed E-state index contributed by atoms with van der Waals surface area (Å²) in [7, 11) is 0. The van der Waals surface area contributed by atoms with Gasteiger partial charge in [-0.3, -0.25) is 9.59 Å². The summed E-state index contributed by atoms with van der Waals surface area (Å²) < 4.78 is 5.66. The lowest BCUT2D eigenvalue weighted by Crippen LogP contribution is -2.45. The number of ether oxygens (including phenoxy) is 1. The fourth-order valence-corrected chi connectivity index (χ4v) is 3.13. The molecule has 2 amide bonds. The van der Waals surface area contributed by atoms with Crippen LogP contribution < -0.4 is 4.74 Å². The van der Waals surface area contributed by atoms with Crippen molar-refractivity contribution in [3.05, 3.63) is 29.8 Å². The largest absolute Gasteiger partial charge is 0.491 e. The number of rotatable bonds is 4. The van der Waals surface area contributed by atoms with E-state index in [1.807, 2.05) is 36.9 Å². The maximum atomic E-state index is 12.7. The van der Waals surface area contributed by atoms with Crippen LogP contribution in [-0.4, -0.2) is 53.2 Å². The minimum absolute atomic E-state index is 0.0129. The number of piperidine rings is 1. The number of amides is 2. The summed E-state index contributed by atoms with van der Waals surface area (Å²) in [5, 5.41) is 5.73. The van der Waals surface area contributed by atoms with E-state index in [4.69, 9.17) is 4.74 Å². The van der Waals surface area contributed by atoms with Gasteiger partial charge in [-0.1, -0.05) is 6.07 Å². The molecule has 0 N–H and O–H groups in total. The molecule has 0 bridgehead atoms. The van der Waals surface area contributed by atoms with Crippen molar-refractivity contribution in [2.75, 3.05) is 13.1 Å². The van der Waals surface area contributed by atoms with Crippen molar-refractivity contribution in [2.45, 2.75) is 45.3 Å². The van der Waals surface area contributed by atoms with Crippen LogP contribution in [0, 0.1) is 0 Å². The van der Waals surface area contributed by atoms with Gasteiger partial charge in [-0.15, -0.1) is 0 Å². The van der Waals surface area contributed by atoms with Crippen molar-refractivity contribution < 1.29 is 14.3 Å². The first kappa shape index (κ1) is 16.5. The predicted octanol–water partition coefficient (Wildman–Crippen LogP) is 2.30. The molecule has 0 aromatic heterocycles. The second-order valence-corrected chi connectivity index (χ2v) is 6.46. The quantitative estimate of drug-likeness (QED) is 0.851. The predicted molar refractivity (Wildman–Crippen MR) is 91.1 cm³/mol. The molecule has 2 heterocycles. The van der Waals surface area contributed by atoms with Gasteiger partial charge in [0.1, 0.15) is 5.75 Å². The summed E-state index contributed by atoms with van der Waals surface area (Å²) in [6, 6.07) is 7.42. The van der Waals surface area contributed by atoms with Crippen molar-refractivity contribution in [2.24, 2.45) is 5.10 Å². The number of nitrogens with zero attached hydrogens (tertiary/aromatic N) is 3. The third kappa shape index (κ3) is 3.58. The molecular weight excluding hydrogens is 306 g/mol. The van der Waals surface area contributed by atoms with Crippen molar-refractivity contribution in [3.63, 3.8) is 0 Å². The second kappa shape index (κ2) is 7.03. The van der Waals surface area contributed by atoms with Crippen LogP contribution in [0.4, 0.5) is 0 Å². The first-order valence-corrected chi connectivity index (χ1v) is 8.45. The maximum Gasteiger partial charge on any atom is 0.253 e. The van der Waals surface area contributed by atoms with E-state index in [0.717, 1.165) is 12.8 Å². The van der Waals surface area contributed by atoms with Gasteiger partial charge in [0.15, 0.2) is 0 Å². The standard InChI is InChI=1S/C18H23N3O3/c1-13(2)24-16-5-3-4-14(12-16)18(23)20-10-7-15(8-11-20)21-17(22)6-9-19-21/h3-5,9,12-13,15H,6-8,10-11H2,1-2H3. The molecule has 0 atom stereocenters. The second-order valence-electron chi connectivity index (χ2n) is 6.46. The van der Waals surface area contributed by atoms with Gasteiger partial charge in [0.2, 0.25) is 5.91 Å². The highest BCUT2D eigenvalue weighted by molar-refractivity contribution is 5.95. The lowest BCUT2D eigenvalue weighted by Gasteiger charge is -2.35. The Morgan fingerprint density at radius 2 is 2.04 bits per heavy atom. The molecule has 2 aliphatic rings. The third-order valence-electron chi connectivity index (χ3n) is 4.28. The van der Waals surface area contributed by atoms with Crippen molar-refractivity contribution in [1.82, 2.24) is 9.91 Å². The zero-order valence-electron chi connectivity index (χ0n) is 14.1. The molecule has 0 aliphatic carbocycles. The van der Waals surface area contributed by atoms with Gasteiger partial charge in [-0.2, -0.15) is 5.10 Å². The molecule has 6 heteroatoms. The molecule has 1 aromatic rings. The lowest BCUT2D eigenvalue weighted by atomic mass is 10.0. The zero-order valence-corrected chi connectivity index (χ0v) is 14.1. The molecule has 0 spiro atoms. The summed E-state index contributed by atoms with van der Waals surface area (Å²) in [5.41, 5.74) is 0.641. The highest BCUT2D eigenvalue weighted by Crippen LogP contribution is 2.22. The van der Waals surface area contributed by atoms with Crippen LogP contribution in [0.25, 0.3) is 0 Å². The number of benzene rings is 1. The van der Waals surface area contributed by atoms with Gasteiger partial charge in [0, 0.05) is 24.9 Å². The molecule has 1 aromatic carbocycles. The summed E-state index contributed by atoms with van der Waals surface area (Å²) in [6.07, 6.45) is 3.64. The number of carbonyl (C=O) groups is 2. The Morgan fingerprint density at radius 3 is 2.67 bits per heavy atom. The van der Waals surface area contributed by atoms with E-state index in [0.29, 0.717) is 30.8 Å². The molecule has 1 saturated heterocycles. The van der Waals surface area contributed by atoms with Crippen LogP contribution in [-0.2, 0) is 4.79 Å². The van der Waals surface area contributed by atoms with Gasteiger partial charge in [0.05, 0.1) is 18.6 Å². The minimum Gasteiger partial charge on any atom is -0.491 e. The summed E-state index contributed by atoms with van der Waals surface area (Å²) in [6.45, 7) is 5.19. The first-order valence-electron chi connectivity index (χ1n) is 8.45. The van der Waals surface area contributed by atoms with Crippen LogP contribution in [0.15, 0.2) is 29.4 Å². The number of likely N-dealkylation sites (tertiary alicyclic amines) is 1. The average molecular weight is 329 g/mol. The van der Waals surface area contributed by atoms with E-state index in [1.165, 1.54) is 0 Å². The van der Waals surface area contributed by atoms with Gasteiger partial charge >= 0.3 is 0 Å². The Hall–Kier alpha value is -2.37. The van der Waals surface area contributed by atoms with Crippen molar-refractivity contribution >= 4 is 18.0 Å². The van der Waals surface area contributed by atoms with Crippen LogP contribution >= 0.6 is 0 Å². The van der Waals surface area contributed by atoms with Gasteiger partial charge < -0.3 is 9.64 Å². The smallest absolute Gasteiger partial charge is 0.253 e. The van der Waals surface area contributed by atoms with Crippen molar-refractivity contribution in [1.29, 1.82) is 0 Å². The monoisotopic (exact) mass is 329 g/mol.